The van der Waals surface area contributed by atoms with Crippen LogP contribution in [0.25, 0.3) is 0 Å². The molecule has 3 heteroatoms. The molecule has 0 aliphatic carbocycles. The van der Waals surface area contributed by atoms with Crippen molar-refractivity contribution in [1.29, 1.82) is 0 Å². The van der Waals surface area contributed by atoms with E-state index in [4.69, 9.17) is 5.73 Å². The Balaban J connectivity index is 2.64. The fourth-order valence-corrected chi connectivity index (χ4v) is 1.59. The number of hydrogen-bond acceptors (Lipinski definition) is 1. The van der Waals surface area contributed by atoms with E-state index in [0.717, 1.165) is 12.1 Å². The van der Waals surface area contributed by atoms with Gasteiger partial charge in [0.15, 0.2) is 5.96 Å². The Kier molecular flexibility index (Phi) is 4.83. The van der Waals surface area contributed by atoms with Crippen molar-refractivity contribution in [2.24, 2.45) is 16.6 Å². The van der Waals surface area contributed by atoms with Crippen LogP contribution in [0.5, 0.6) is 0 Å². The summed E-state index contributed by atoms with van der Waals surface area (Å²) in [6.45, 7) is 6.45. The van der Waals surface area contributed by atoms with E-state index in [2.05, 4.69) is 31.1 Å². The average molecular weight is 219 g/mol. The molecule has 1 aromatic rings. The van der Waals surface area contributed by atoms with Crippen molar-refractivity contribution in [3.05, 3.63) is 30.3 Å². The van der Waals surface area contributed by atoms with Gasteiger partial charge in [0.25, 0.3) is 0 Å². The smallest absolute Gasteiger partial charge is 0.193 e. The van der Waals surface area contributed by atoms with Crippen molar-refractivity contribution >= 4 is 11.6 Å². The number of aliphatic imine (C=N–C) groups is 1. The van der Waals surface area contributed by atoms with Crippen LogP contribution in [-0.2, 0) is 0 Å². The van der Waals surface area contributed by atoms with E-state index in [0.29, 0.717) is 11.9 Å². The minimum atomic E-state index is 0.288. The van der Waals surface area contributed by atoms with E-state index in [-0.39, 0.29) is 6.04 Å². The fraction of sp³-hybridized carbons (Fsp3) is 0.462. The lowest BCUT2D eigenvalue weighted by Gasteiger charge is -2.15. The van der Waals surface area contributed by atoms with Crippen molar-refractivity contribution < 1.29 is 0 Å². The van der Waals surface area contributed by atoms with Gasteiger partial charge in [-0.3, -0.25) is 0 Å². The first-order valence-electron chi connectivity index (χ1n) is 5.78. The second-order valence-electron chi connectivity index (χ2n) is 4.22. The molecule has 0 saturated carbocycles. The summed E-state index contributed by atoms with van der Waals surface area (Å²) in [5.74, 6) is 1.01. The van der Waals surface area contributed by atoms with E-state index in [9.17, 15) is 0 Å². The highest BCUT2D eigenvalue weighted by atomic mass is 15.1. The number of nitrogens with one attached hydrogen (secondary N) is 1. The van der Waals surface area contributed by atoms with Crippen LogP contribution in [0.4, 0.5) is 5.69 Å². The molecular weight excluding hydrogens is 198 g/mol. The highest BCUT2D eigenvalue weighted by molar-refractivity contribution is 5.92. The van der Waals surface area contributed by atoms with E-state index in [1.165, 1.54) is 0 Å². The van der Waals surface area contributed by atoms with Gasteiger partial charge in [-0.25, -0.2) is 4.99 Å². The highest BCUT2D eigenvalue weighted by Crippen LogP contribution is 2.10. The van der Waals surface area contributed by atoms with E-state index < -0.39 is 0 Å². The maximum atomic E-state index is 5.86. The quantitative estimate of drug-likeness (QED) is 0.604. The van der Waals surface area contributed by atoms with Crippen molar-refractivity contribution in [2.45, 2.75) is 33.2 Å². The van der Waals surface area contributed by atoms with Gasteiger partial charge in [0.05, 0.1) is 6.04 Å². The average Bonchev–Trinajstić information content (AvgIpc) is 2.27. The maximum absolute atomic E-state index is 5.86. The highest BCUT2D eigenvalue weighted by Gasteiger charge is 2.09. The minimum Gasteiger partial charge on any atom is -0.370 e. The first-order valence-corrected chi connectivity index (χ1v) is 5.78. The Morgan fingerprint density at radius 3 is 2.44 bits per heavy atom. The van der Waals surface area contributed by atoms with Crippen LogP contribution in [0.1, 0.15) is 27.2 Å². The first-order chi connectivity index (χ1) is 7.63. The fourth-order valence-electron chi connectivity index (χ4n) is 1.59. The lowest BCUT2D eigenvalue weighted by Crippen LogP contribution is -2.26. The maximum Gasteiger partial charge on any atom is 0.193 e. The number of nitrogens with zero attached hydrogens (tertiary/aromatic N) is 1. The van der Waals surface area contributed by atoms with Crippen LogP contribution in [0.2, 0.25) is 0 Å². The molecule has 1 rings (SSSR count). The lowest BCUT2D eigenvalue weighted by molar-refractivity contribution is 0.483. The predicted molar refractivity (Wildman–Crippen MR) is 70.6 cm³/mol. The van der Waals surface area contributed by atoms with Gasteiger partial charge in [0.1, 0.15) is 0 Å². The molecule has 0 fully saturated rings. The summed E-state index contributed by atoms with van der Waals surface area (Å²) in [5.41, 5.74) is 6.83. The van der Waals surface area contributed by atoms with Crippen LogP contribution in [0, 0.1) is 5.92 Å². The molecule has 1 unspecified atom stereocenters. The Labute approximate surface area is 97.8 Å². The SMILES string of the molecule is CCC(N=C(N)Nc1ccccc1)C(C)C. The van der Waals surface area contributed by atoms with Crippen LogP contribution in [0.3, 0.4) is 0 Å². The summed E-state index contributed by atoms with van der Waals surface area (Å²) >= 11 is 0. The molecule has 0 bridgehead atoms. The molecule has 0 saturated heterocycles. The van der Waals surface area contributed by atoms with Crippen molar-refractivity contribution in [1.82, 2.24) is 0 Å². The largest absolute Gasteiger partial charge is 0.370 e. The molecule has 0 aliphatic rings. The van der Waals surface area contributed by atoms with Gasteiger partial charge in [-0.05, 0) is 24.5 Å². The number of guanidine groups is 1. The van der Waals surface area contributed by atoms with E-state index in [1.54, 1.807) is 0 Å². The van der Waals surface area contributed by atoms with Crippen molar-refractivity contribution in [3.8, 4) is 0 Å². The Hall–Kier alpha value is -1.51. The van der Waals surface area contributed by atoms with E-state index in [1.807, 2.05) is 30.3 Å². The zero-order chi connectivity index (χ0) is 12.0. The molecule has 0 radical (unpaired) electrons. The van der Waals surface area contributed by atoms with Crippen molar-refractivity contribution in [2.75, 3.05) is 5.32 Å². The van der Waals surface area contributed by atoms with Gasteiger partial charge < -0.3 is 11.1 Å². The normalized spacial score (nSPS) is 13.9. The molecular formula is C13H21N3. The summed E-state index contributed by atoms with van der Waals surface area (Å²) in [7, 11) is 0. The molecule has 1 aromatic carbocycles. The zero-order valence-electron chi connectivity index (χ0n) is 10.3. The standard InChI is InChI=1S/C13H21N3/c1-4-12(10(2)3)16-13(14)15-11-8-6-5-7-9-11/h5-10,12H,4H2,1-3H3,(H3,14,15,16). The van der Waals surface area contributed by atoms with Crippen LogP contribution in [-0.4, -0.2) is 12.0 Å². The number of hydrogen-bond donors (Lipinski definition) is 2. The van der Waals surface area contributed by atoms with Crippen molar-refractivity contribution in [3.63, 3.8) is 0 Å². The molecule has 3 nitrogen and oxygen atoms in total. The molecule has 88 valence electrons. The Morgan fingerprint density at radius 1 is 1.31 bits per heavy atom. The molecule has 16 heavy (non-hydrogen) atoms. The van der Waals surface area contributed by atoms with Crippen LogP contribution < -0.4 is 11.1 Å². The van der Waals surface area contributed by atoms with Gasteiger partial charge >= 0.3 is 0 Å². The van der Waals surface area contributed by atoms with Gasteiger partial charge in [0, 0.05) is 5.69 Å². The van der Waals surface area contributed by atoms with Gasteiger partial charge in [-0.2, -0.15) is 0 Å². The molecule has 3 N–H and O–H groups in total. The van der Waals surface area contributed by atoms with Crippen LogP contribution in [0.15, 0.2) is 35.3 Å². The molecule has 0 amide bonds. The molecule has 0 spiro atoms. The molecule has 1 atom stereocenters. The van der Waals surface area contributed by atoms with Gasteiger partial charge in [-0.15, -0.1) is 0 Å². The lowest BCUT2D eigenvalue weighted by atomic mass is 10.0. The number of benzene rings is 1. The summed E-state index contributed by atoms with van der Waals surface area (Å²) < 4.78 is 0. The second-order valence-corrected chi connectivity index (χ2v) is 4.22. The van der Waals surface area contributed by atoms with Gasteiger partial charge in [-0.1, -0.05) is 39.0 Å². The summed E-state index contributed by atoms with van der Waals surface area (Å²) in [4.78, 5) is 4.47. The third-order valence-electron chi connectivity index (χ3n) is 2.54. The van der Waals surface area contributed by atoms with Crippen LogP contribution >= 0.6 is 0 Å². The molecule has 0 aromatic heterocycles. The minimum absolute atomic E-state index is 0.288. The third kappa shape index (κ3) is 3.93. The Bertz CT molecular complexity index is 330. The number of para-hydroxylation sites is 1. The predicted octanol–water partition coefficient (Wildman–Crippen LogP) is 2.85. The Morgan fingerprint density at radius 2 is 1.94 bits per heavy atom. The second kappa shape index (κ2) is 6.16. The van der Waals surface area contributed by atoms with Gasteiger partial charge in [0.2, 0.25) is 0 Å². The third-order valence-corrected chi connectivity index (χ3v) is 2.54. The number of anilines is 1. The first kappa shape index (κ1) is 12.6. The number of nitrogens with two attached hydrogens (primary N) is 1. The summed E-state index contributed by atoms with van der Waals surface area (Å²) in [6.07, 6.45) is 1.01. The summed E-state index contributed by atoms with van der Waals surface area (Å²) in [6, 6.07) is 10.1. The van der Waals surface area contributed by atoms with E-state index >= 15 is 0 Å². The zero-order valence-corrected chi connectivity index (χ0v) is 10.3. The topological polar surface area (TPSA) is 50.4 Å². The monoisotopic (exact) mass is 219 g/mol. The summed E-state index contributed by atoms with van der Waals surface area (Å²) in [5, 5.41) is 3.09. The molecule has 0 heterocycles. The number of rotatable bonds is 4. The molecule has 0 aliphatic heterocycles.